The first kappa shape index (κ1) is 51.1. The molecule has 14 aromatic rings. The van der Waals surface area contributed by atoms with Crippen LogP contribution in [0.2, 0.25) is 0 Å². The SMILES string of the molecule is Brc1cccc2c1oc1c(Br)cccc12.Brc1cccc2c1oc1c(N(c3ccc(-c4ccccc4)cc3)c3ccc(-c4ccccc4)cc3)cccc12.c1ccc(-c2ccc(Nc3ccc(-c4ccccc4)cc3)cc2)cc1. The summed E-state index contributed by atoms with van der Waals surface area (Å²) >= 11 is 10.7. The Morgan fingerprint density at radius 3 is 0.835 bits per heavy atom. The van der Waals surface area contributed by atoms with Gasteiger partial charge in [-0.05, 0) is 165 Å². The van der Waals surface area contributed by atoms with Crippen LogP contribution < -0.4 is 10.2 Å². The van der Waals surface area contributed by atoms with E-state index in [0.29, 0.717) is 0 Å². The molecule has 0 atom stereocenters. The van der Waals surface area contributed by atoms with Crippen LogP contribution in [0.4, 0.5) is 28.4 Å². The number of halogens is 3. The van der Waals surface area contributed by atoms with Gasteiger partial charge in [-0.3, -0.25) is 0 Å². The van der Waals surface area contributed by atoms with Crippen LogP contribution in [0, 0.1) is 0 Å². The highest BCUT2D eigenvalue weighted by Crippen LogP contribution is 2.44. The Kier molecular flexibility index (Phi) is 15.2. The molecule has 12 aromatic carbocycles. The van der Waals surface area contributed by atoms with Gasteiger partial charge >= 0.3 is 0 Å². The van der Waals surface area contributed by atoms with Crippen molar-refractivity contribution in [3.8, 4) is 44.5 Å². The molecule has 0 unspecified atom stereocenters. The molecule has 0 bridgehead atoms. The molecule has 14 rings (SSSR count). The Balaban J connectivity index is 0.000000132. The average Bonchev–Trinajstić information content (AvgIpc) is 4.23. The summed E-state index contributed by atoms with van der Waals surface area (Å²) in [5, 5.41) is 7.93. The topological polar surface area (TPSA) is 41.6 Å². The molecule has 380 valence electrons. The molecule has 2 aromatic heterocycles. The van der Waals surface area contributed by atoms with Crippen molar-refractivity contribution in [1.82, 2.24) is 0 Å². The summed E-state index contributed by atoms with van der Waals surface area (Å²) in [6.07, 6.45) is 0. The van der Waals surface area contributed by atoms with Crippen LogP contribution >= 0.6 is 47.8 Å². The minimum atomic E-state index is 0.860. The number of benzene rings is 12. The van der Waals surface area contributed by atoms with Crippen LogP contribution in [0.15, 0.2) is 313 Å². The lowest BCUT2D eigenvalue weighted by molar-refractivity contribution is 0.664. The average molecular weight is 1210 g/mol. The maximum absolute atomic E-state index is 6.54. The van der Waals surface area contributed by atoms with Crippen LogP contribution in [0.25, 0.3) is 88.4 Å². The Morgan fingerprint density at radius 2 is 0.506 bits per heavy atom. The van der Waals surface area contributed by atoms with Crippen LogP contribution in [0.5, 0.6) is 0 Å². The van der Waals surface area contributed by atoms with Gasteiger partial charge in [0, 0.05) is 44.3 Å². The summed E-state index contributed by atoms with van der Waals surface area (Å²) in [7, 11) is 0. The van der Waals surface area contributed by atoms with E-state index in [-0.39, 0.29) is 0 Å². The van der Waals surface area contributed by atoms with Gasteiger partial charge in [-0.2, -0.15) is 0 Å². The fourth-order valence-corrected chi connectivity index (χ4v) is 11.3. The van der Waals surface area contributed by atoms with Crippen molar-refractivity contribution in [2.75, 3.05) is 10.2 Å². The smallest absolute Gasteiger partial charge is 0.159 e. The molecular formula is C72H49Br3N2O2. The molecular weight excluding hydrogens is 1160 g/mol. The predicted molar refractivity (Wildman–Crippen MR) is 343 cm³/mol. The van der Waals surface area contributed by atoms with Crippen molar-refractivity contribution >= 4 is 120 Å². The molecule has 0 saturated carbocycles. The Bertz CT molecular complexity index is 4100. The third-order valence-electron chi connectivity index (χ3n) is 13.9. The Morgan fingerprint density at radius 1 is 0.241 bits per heavy atom. The molecule has 7 heteroatoms. The molecule has 4 nitrogen and oxygen atoms in total. The quantitative estimate of drug-likeness (QED) is 0.156. The number of anilines is 5. The van der Waals surface area contributed by atoms with Crippen molar-refractivity contribution in [2.45, 2.75) is 0 Å². The number of rotatable bonds is 9. The van der Waals surface area contributed by atoms with Gasteiger partial charge in [0.1, 0.15) is 16.7 Å². The van der Waals surface area contributed by atoms with Crippen molar-refractivity contribution < 1.29 is 8.83 Å². The van der Waals surface area contributed by atoms with Gasteiger partial charge in [-0.25, -0.2) is 0 Å². The number of nitrogens with one attached hydrogen (secondary N) is 1. The highest BCUT2D eigenvalue weighted by atomic mass is 79.9. The normalized spacial score (nSPS) is 11.0. The molecule has 0 aliphatic heterocycles. The summed E-state index contributed by atoms with van der Waals surface area (Å²) in [6, 6.07) is 101. The Hall–Kier alpha value is -8.72. The molecule has 0 aliphatic carbocycles. The summed E-state index contributed by atoms with van der Waals surface area (Å²) < 4.78 is 15.3. The third-order valence-corrected chi connectivity index (χ3v) is 15.7. The van der Waals surface area contributed by atoms with Crippen molar-refractivity contribution in [3.05, 3.63) is 305 Å². The van der Waals surface area contributed by atoms with Crippen molar-refractivity contribution in [3.63, 3.8) is 0 Å². The lowest BCUT2D eigenvalue weighted by Crippen LogP contribution is -2.10. The van der Waals surface area contributed by atoms with E-state index in [1.165, 1.54) is 44.5 Å². The van der Waals surface area contributed by atoms with Crippen molar-refractivity contribution in [2.24, 2.45) is 0 Å². The molecule has 0 spiro atoms. The van der Waals surface area contributed by atoms with Gasteiger partial charge in [0.05, 0.1) is 19.1 Å². The highest BCUT2D eigenvalue weighted by Gasteiger charge is 2.20. The number of para-hydroxylation sites is 4. The van der Waals surface area contributed by atoms with Crippen molar-refractivity contribution in [1.29, 1.82) is 0 Å². The van der Waals surface area contributed by atoms with Gasteiger partial charge in [0.15, 0.2) is 5.58 Å². The van der Waals surface area contributed by atoms with E-state index in [1.807, 2.05) is 54.6 Å². The zero-order valence-corrected chi connectivity index (χ0v) is 47.4. The van der Waals surface area contributed by atoms with Crippen LogP contribution in [-0.2, 0) is 0 Å². The van der Waals surface area contributed by atoms with E-state index in [0.717, 1.165) is 85.7 Å². The van der Waals surface area contributed by atoms with Gasteiger partial charge in [-0.1, -0.05) is 218 Å². The second kappa shape index (κ2) is 23.5. The number of furan rings is 2. The van der Waals surface area contributed by atoms with Gasteiger partial charge in [0.25, 0.3) is 0 Å². The van der Waals surface area contributed by atoms with E-state index in [4.69, 9.17) is 8.83 Å². The maximum atomic E-state index is 6.54. The molecule has 2 heterocycles. The first-order valence-electron chi connectivity index (χ1n) is 26.0. The summed E-state index contributed by atoms with van der Waals surface area (Å²) in [4.78, 5) is 2.28. The number of hydrogen-bond donors (Lipinski definition) is 1. The molecule has 79 heavy (non-hydrogen) atoms. The van der Waals surface area contributed by atoms with Gasteiger partial charge in [0.2, 0.25) is 0 Å². The van der Waals surface area contributed by atoms with E-state index >= 15 is 0 Å². The van der Waals surface area contributed by atoms with E-state index in [9.17, 15) is 0 Å². The van der Waals surface area contributed by atoms with Crippen LogP contribution in [-0.4, -0.2) is 0 Å². The molecule has 0 saturated heterocycles. The second-order valence-electron chi connectivity index (χ2n) is 18.9. The predicted octanol–water partition coefficient (Wildman–Crippen LogP) is 23.0. The summed E-state index contributed by atoms with van der Waals surface area (Å²) in [5.41, 5.74) is 18.5. The van der Waals surface area contributed by atoms with E-state index in [2.05, 4.69) is 295 Å². The monoisotopic (exact) mass is 1210 g/mol. The van der Waals surface area contributed by atoms with E-state index < -0.39 is 0 Å². The fourth-order valence-electron chi connectivity index (χ4n) is 9.91. The highest BCUT2D eigenvalue weighted by molar-refractivity contribution is 9.11. The zero-order valence-electron chi connectivity index (χ0n) is 42.6. The van der Waals surface area contributed by atoms with Gasteiger partial charge < -0.3 is 19.1 Å². The van der Waals surface area contributed by atoms with Crippen LogP contribution in [0.3, 0.4) is 0 Å². The lowest BCUT2D eigenvalue weighted by atomic mass is 10.0. The second-order valence-corrected chi connectivity index (χ2v) is 21.4. The van der Waals surface area contributed by atoms with Gasteiger partial charge in [-0.15, -0.1) is 0 Å². The third kappa shape index (κ3) is 11.2. The molecule has 0 amide bonds. The largest absolute Gasteiger partial charge is 0.454 e. The summed E-state index contributed by atoms with van der Waals surface area (Å²) in [5.74, 6) is 0. The number of fused-ring (bicyclic) bond motifs is 6. The van der Waals surface area contributed by atoms with E-state index in [1.54, 1.807) is 0 Å². The first-order valence-corrected chi connectivity index (χ1v) is 28.3. The minimum absolute atomic E-state index is 0.860. The lowest BCUT2D eigenvalue weighted by Gasteiger charge is -2.26. The minimum Gasteiger partial charge on any atom is -0.454 e. The standard InChI is InChI=1S/C36H24BrNO.C24H19N.C12H6Br2O/c37-33-15-7-13-31-32-14-8-16-34(36(32)39-35(31)33)38(29-21-17-27(18-22-29)25-9-3-1-4-10-25)30-23-19-28(20-24-30)26-11-5-2-6-12-26;1-3-7-19(8-4-1)21-11-15-23(16-12-21)25-24-17-13-22(14-18-24)20-9-5-2-6-10-20;13-9-5-1-3-7-8-4-2-6-10(14)12(8)15-11(7)9/h1-24H;1-18,25H;1-6H. The fraction of sp³-hybridized carbons (Fsp3) is 0. The van der Waals surface area contributed by atoms with Crippen LogP contribution in [0.1, 0.15) is 0 Å². The molecule has 0 radical (unpaired) electrons. The summed E-state index contributed by atoms with van der Waals surface area (Å²) in [6.45, 7) is 0. The Labute approximate surface area is 484 Å². The molecule has 1 N–H and O–H groups in total. The number of hydrogen-bond acceptors (Lipinski definition) is 4. The maximum Gasteiger partial charge on any atom is 0.159 e. The molecule has 0 fully saturated rings. The molecule has 0 aliphatic rings. The number of nitrogens with zero attached hydrogens (tertiary/aromatic N) is 1. The zero-order chi connectivity index (χ0) is 53.5. The first-order chi connectivity index (χ1) is 38.9.